The highest BCUT2D eigenvalue weighted by Crippen LogP contribution is 2.39. The number of para-hydroxylation sites is 1. The molecule has 0 radical (unpaired) electrons. The fourth-order valence-electron chi connectivity index (χ4n) is 5.94. The van der Waals surface area contributed by atoms with Crippen LogP contribution in [-0.4, -0.2) is 68.2 Å². The maximum absolute atomic E-state index is 12.7. The van der Waals surface area contributed by atoms with Gasteiger partial charge in [-0.1, -0.05) is 18.2 Å². The number of carbonyl (C=O) groups is 1. The van der Waals surface area contributed by atoms with E-state index in [1.165, 1.54) is 0 Å². The lowest BCUT2D eigenvalue weighted by Crippen LogP contribution is -2.46. The summed E-state index contributed by atoms with van der Waals surface area (Å²) in [5, 5.41) is 16.2. The van der Waals surface area contributed by atoms with Crippen LogP contribution < -0.4 is 9.64 Å². The third-order valence-corrected chi connectivity index (χ3v) is 9.26. The van der Waals surface area contributed by atoms with E-state index in [-0.39, 0.29) is 5.60 Å². The van der Waals surface area contributed by atoms with Gasteiger partial charge in [0.05, 0.1) is 23.4 Å². The molecule has 0 spiro atoms. The van der Waals surface area contributed by atoms with Gasteiger partial charge >= 0.3 is 5.97 Å². The van der Waals surface area contributed by atoms with Gasteiger partial charge in [0.2, 0.25) is 0 Å². The monoisotopic (exact) mass is 619 g/mol. The van der Waals surface area contributed by atoms with Gasteiger partial charge in [0.1, 0.15) is 22.3 Å². The molecule has 7 rings (SSSR count). The van der Waals surface area contributed by atoms with Crippen LogP contribution in [-0.2, 0) is 20.7 Å². The number of ether oxygens (including phenoxy) is 3. The number of carboxylic acid groups (broad SMARTS) is 1. The zero-order valence-electron chi connectivity index (χ0n) is 26.1. The Morgan fingerprint density at radius 1 is 1.16 bits per heavy atom. The minimum Gasteiger partial charge on any atom is -0.493 e. The zero-order chi connectivity index (χ0) is 31.1. The highest BCUT2D eigenvalue weighted by Gasteiger charge is 2.38. The van der Waals surface area contributed by atoms with E-state index in [0.717, 1.165) is 46.9 Å². The summed E-state index contributed by atoms with van der Waals surface area (Å²) in [6.45, 7) is 12.3. The van der Waals surface area contributed by atoms with E-state index in [1.807, 2.05) is 58.2 Å². The van der Waals surface area contributed by atoms with E-state index in [1.54, 1.807) is 15.9 Å². The molecular formula is C33H41N5O5S. The number of carboxylic acids is 1. The summed E-state index contributed by atoms with van der Waals surface area (Å²) in [5.74, 6) is 0.542. The quantitative estimate of drug-likeness (QED) is 0.285. The van der Waals surface area contributed by atoms with E-state index < -0.39 is 17.7 Å². The van der Waals surface area contributed by atoms with Gasteiger partial charge in [-0.3, -0.25) is 0 Å². The third-order valence-electron chi connectivity index (χ3n) is 8.24. The molecule has 1 atom stereocenters. The predicted molar refractivity (Wildman–Crippen MR) is 170 cm³/mol. The van der Waals surface area contributed by atoms with Crippen LogP contribution in [0.5, 0.6) is 5.75 Å². The molecule has 11 heteroatoms. The Hall–Kier alpha value is -3.54. The summed E-state index contributed by atoms with van der Waals surface area (Å²) in [6.07, 6.45) is 4.79. The number of benzene rings is 1. The molecular weight excluding hydrogens is 578 g/mol. The summed E-state index contributed by atoms with van der Waals surface area (Å²) >= 11 is 1.59. The lowest BCUT2D eigenvalue weighted by Gasteiger charge is -2.41. The molecule has 0 saturated carbocycles. The van der Waals surface area contributed by atoms with Crippen molar-refractivity contribution in [2.24, 2.45) is 0 Å². The van der Waals surface area contributed by atoms with E-state index in [4.69, 9.17) is 29.3 Å². The standard InChI is InChI=1S/C33H41N5O5S/c1-21-27(28(31(39)40)43-32(2,3)4)30-37-14-12-33(5,13-15-37)42-17-9-8-16-41-25-11-7-6-10-22(25)18-23-20-34-29(44-23)24-19-26(35-21)38(30)36-24/h6-7,10-11,19-20,28H,8-9,12-18H2,1-5H3,(H,39,40). The summed E-state index contributed by atoms with van der Waals surface area (Å²) in [6, 6.07) is 10.1. The Balaban J connectivity index is 1.47. The van der Waals surface area contributed by atoms with Crippen molar-refractivity contribution in [2.75, 3.05) is 31.2 Å². The van der Waals surface area contributed by atoms with Crippen LogP contribution in [0.4, 0.5) is 5.82 Å². The minimum absolute atomic E-state index is 0.271. The van der Waals surface area contributed by atoms with Crippen LogP contribution in [0.1, 0.15) is 81.2 Å². The van der Waals surface area contributed by atoms with Crippen LogP contribution in [0, 0.1) is 6.92 Å². The molecule has 0 aliphatic carbocycles. The van der Waals surface area contributed by atoms with Crippen molar-refractivity contribution in [3.05, 3.63) is 58.2 Å². The van der Waals surface area contributed by atoms with E-state index >= 15 is 0 Å². The Morgan fingerprint density at radius 3 is 2.66 bits per heavy atom. The van der Waals surface area contributed by atoms with E-state index in [9.17, 15) is 9.90 Å². The van der Waals surface area contributed by atoms with Gasteiger partial charge in [-0.25, -0.2) is 14.8 Å². The SMILES string of the molecule is Cc1nc2cc3nn2c(c1C(OC(C)(C)C)C(=O)O)N1CCC(C)(CC1)OCCCCOc1ccccc1Cc1cnc-3s1. The molecule has 1 N–H and O–H groups in total. The van der Waals surface area contributed by atoms with Crippen molar-refractivity contribution in [3.63, 3.8) is 0 Å². The minimum atomic E-state index is -1.21. The van der Waals surface area contributed by atoms with Crippen molar-refractivity contribution >= 4 is 28.8 Å². The molecule has 44 heavy (non-hydrogen) atoms. The molecule has 234 valence electrons. The van der Waals surface area contributed by atoms with Crippen molar-refractivity contribution < 1.29 is 24.1 Å². The number of rotatable bonds is 3. The lowest BCUT2D eigenvalue weighted by molar-refractivity contribution is -0.160. The molecule has 1 saturated heterocycles. The molecule has 3 aliphatic heterocycles. The fourth-order valence-corrected chi connectivity index (χ4v) is 6.83. The molecule has 1 aromatic carbocycles. The number of aromatic nitrogens is 4. The average molecular weight is 620 g/mol. The fraction of sp³-hybridized carbons (Fsp3) is 0.515. The normalized spacial score (nSPS) is 18.2. The number of hydrogen-bond donors (Lipinski definition) is 1. The second-order valence-corrected chi connectivity index (χ2v) is 14.1. The molecule has 10 nitrogen and oxygen atoms in total. The highest BCUT2D eigenvalue weighted by molar-refractivity contribution is 7.15. The molecule has 6 bridgehead atoms. The number of aliphatic carboxylic acids is 1. The maximum Gasteiger partial charge on any atom is 0.337 e. The van der Waals surface area contributed by atoms with Crippen molar-refractivity contribution in [3.8, 4) is 16.5 Å². The number of nitrogens with zero attached hydrogens (tertiary/aromatic N) is 5. The molecule has 6 heterocycles. The van der Waals surface area contributed by atoms with Gasteiger partial charge < -0.3 is 24.2 Å². The molecule has 1 fully saturated rings. The number of aryl methyl sites for hydroxylation is 1. The van der Waals surface area contributed by atoms with Crippen LogP contribution >= 0.6 is 11.3 Å². The molecule has 1 unspecified atom stereocenters. The van der Waals surface area contributed by atoms with E-state index in [2.05, 4.69) is 17.9 Å². The highest BCUT2D eigenvalue weighted by atomic mass is 32.1. The van der Waals surface area contributed by atoms with Gasteiger partial charge in [-0.15, -0.1) is 11.3 Å². The second kappa shape index (κ2) is 12.1. The van der Waals surface area contributed by atoms with Gasteiger partial charge in [-0.05, 0) is 71.9 Å². The topological polar surface area (TPSA) is 111 Å². The average Bonchev–Trinajstić information content (AvgIpc) is 3.60. The number of piperidine rings is 1. The predicted octanol–water partition coefficient (Wildman–Crippen LogP) is 6.24. The number of anilines is 1. The first-order valence-electron chi connectivity index (χ1n) is 15.4. The Morgan fingerprint density at radius 2 is 1.91 bits per heavy atom. The summed E-state index contributed by atoms with van der Waals surface area (Å²) in [4.78, 5) is 25.6. The van der Waals surface area contributed by atoms with E-state index in [0.29, 0.717) is 61.1 Å². The summed E-state index contributed by atoms with van der Waals surface area (Å²) in [5.41, 5.74) is 2.62. The first-order valence-corrected chi connectivity index (χ1v) is 16.2. The Labute approximate surface area is 262 Å². The largest absolute Gasteiger partial charge is 0.493 e. The second-order valence-electron chi connectivity index (χ2n) is 12.9. The van der Waals surface area contributed by atoms with Gasteiger partial charge in [0, 0.05) is 49.0 Å². The number of thiazole rings is 1. The Kier molecular flexibility index (Phi) is 8.38. The zero-order valence-corrected chi connectivity index (χ0v) is 26.9. The lowest BCUT2D eigenvalue weighted by atomic mass is 9.92. The first kappa shape index (κ1) is 30.5. The first-order chi connectivity index (χ1) is 21.0. The molecule has 4 aromatic rings. The molecule has 3 aliphatic rings. The van der Waals surface area contributed by atoms with Crippen molar-refractivity contribution in [1.82, 2.24) is 19.6 Å². The maximum atomic E-state index is 12.7. The molecule has 3 aromatic heterocycles. The van der Waals surface area contributed by atoms with Gasteiger partial charge in [0.15, 0.2) is 11.8 Å². The Bertz CT molecular complexity index is 1650. The smallest absolute Gasteiger partial charge is 0.337 e. The summed E-state index contributed by atoms with van der Waals surface area (Å²) in [7, 11) is 0. The summed E-state index contributed by atoms with van der Waals surface area (Å²) < 4.78 is 20.6. The van der Waals surface area contributed by atoms with Crippen LogP contribution in [0.15, 0.2) is 36.5 Å². The number of fused-ring (bicyclic) bond motifs is 7. The van der Waals surface area contributed by atoms with Crippen LogP contribution in [0.2, 0.25) is 0 Å². The van der Waals surface area contributed by atoms with Crippen molar-refractivity contribution in [2.45, 2.75) is 84.0 Å². The number of hydrogen-bond acceptors (Lipinski definition) is 9. The van der Waals surface area contributed by atoms with Gasteiger partial charge in [-0.2, -0.15) is 9.61 Å². The van der Waals surface area contributed by atoms with Crippen LogP contribution in [0.25, 0.3) is 16.3 Å². The van der Waals surface area contributed by atoms with Crippen molar-refractivity contribution in [1.29, 1.82) is 0 Å². The van der Waals surface area contributed by atoms with Gasteiger partial charge in [0.25, 0.3) is 0 Å². The molecule has 0 amide bonds. The third kappa shape index (κ3) is 6.45. The van der Waals surface area contributed by atoms with Crippen LogP contribution in [0.3, 0.4) is 0 Å².